The van der Waals surface area contributed by atoms with Crippen LogP contribution in [0.25, 0.3) is 11.2 Å². The molecule has 3 heterocycles. The van der Waals surface area contributed by atoms with Gasteiger partial charge >= 0.3 is 0 Å². The second kappa shape index (κ2) is 18.1. The lowest BCUT2D eigenvalue weighted by Crippen LogP contribution is -2.54. The van der Waals surface area contributed by atoms with Crippen molar-refractivity contribution in [2.75, 3.05) is 52.4 Å². The molecular formula is C42H66N6O5Si2. The zero-order valence-electron chi connectivity index (χ0n) is 35.3. The van der Waals surface area contributed by atoms with E-state index >= 15 is 0 Å². The van der Waals surface area contributed by atoms with Crippen LogP contribution in [0.1, 0.15) is 70.6 Å². The van der Waals surface area contributed by atoms with Crippen molar-refractivity contribution in [2.24, 2.45) is 0 Å². The highest BCUT2D eigenvalue weighted by Gasteiger charge is 2.54. The molecule has 2 aromatic carbocycles. The van der Waals surface area contributed by atoms with Crippen molar-refractivity contribution in [2.45, 2.75) is 115 Å². The minimum Gasteiger partial charge on any atom is -0.408 e. The van der Waals surface area contributed by atoms with Crippen LogP contribution in [0.2, 0.25) is 36.3 Å². The van der Waals surface area contributed by atoms with E-state index in [0.29, 0.717) is 55.5 Å². The average Bonchev–Trinajstić information content (AvgIpc) is 3.69. The number of imidazole rings is 1. The Morgan fingerprint density at radius 3 is 1.91 bits per heavy atom. The van der Waals surface area contributed by atoms with E-state index in [1.54, 1.807) is 14.2 Å². The van der Waals surface area contributed by atoms with Gasteiger partial charge in [0.2, 0.25) is 0 Å². The standard InChI is InChI=1S/C42H66N6O5Si2/c1-41(2,3)54(9,10)52-36-33(28-50-8)51-40(37(36)53-55(11,12)42(4,5)6)48-29-45-35-38(46-34(47-39(35)48)23-24-43-25-26-49-7)44-27-32(30-19-15-13-16-20-30)31-21-17-14-18-22-31/h13-22,29,32-33,36-37,40,43H,23-28H2,1-12H3,(H,44,46,47)/t33-,36-,37+,40-/m1/s1. The average molecular weight is 791 g/mol. The molecule has 0 bridgehead atoms. The number of anilines is 1. The van der Waals surface area contributed by atoms with Crippen LogP contribution in [0.4, 0.5) is 5.82 Å². The van der Waals surface area contributed by atoms with Gasteiger partial charge in [-0.05, 0) is 47.4 Å². The van der Waals surface area contributed by atoms with Crippen LogP contribution in [-0.2, 0) is 29.5 Å². The molecule has 0 aliphatic carbocycles. The van der Waals surface area contributed by atoms with Gasteiger partial charge in [0.25, 0.3) is 0 Å². The molecule has 4 atom stereocenters. The number of hydrogen-bond acceptors (Lipinski definition) is 10. The molecule has 302 valence electrons. The second-order valence-electron chi connectivity index (χ2n) is 17.8. The molecule has 0 unspecified atom stereocenters. The summed E-state index contributed by atoms with van der Waals surface area (Å²) in [6.45, 7) is 25.8. The molecule has 2 aromatic heterocycles. The summed E-state index contributed by atoms with van der Waals surface area (Å²) < 4.78 is 34.7. The molecule has 1 fully saturated rings. The third-order valence-corrected chi connectivity index (χ3v) is 20.7. The van der Waals surface area contributed by atoms with Crippen LogP contribution in [-0.4, -0.2) is 102 Å². The van der Waals surface area contributed by atoms with E-state index in [9.17, 15) is 0 Å². The molecule has 0 spiro atoms. The van der Waals surface area contributed by atoms with Gasteiger partial charge in [-0.3, -0.25) is 4.57 Å². The summed E-state index contributed by atoms with van der Waals surface area (Å²) >= 11 is 0. The first-order valence-corrected chi connectivity index (χ1v) is 25.6. The van der Waals surface area contributed by atoms with E-state index in [1.165, 1.54) is 11.1 Å². The van der Waals surface area contributed by atoms with Crippen molar-refractivity contribution in [3.8, 4) is 0 Å². The zero-order chi connectivity index (χ0) is 40.0. The molecule has 2 N–H and O–H groups in total. The lowest BCUT2D eigenvalue weighted by Gasteiger charge is -2.44. The first kappa shape index (κ1) is 43.1. The number of methoxy groups -OCH3 is 2. The number of nitrogens with one attached hydrogen (secondary N) is 2. The maximum atomic E-state index is 7.36. The van der Waals surface area contributed by atoms with Gasteiger partial charge < -0.3 is 33.7 Å². The Hall–Kier alpha value is -3.02. The highest BCUT2D eigenvalue weighted by Crippen LogP contribution is 2.46. The van der Waals surface area contributed by atoms with Crippen LogP contribution < -0.4 is 10.6 Å². The number of rotatable bonds is 18. The highest BCUT2D eigenvalue weighted by atomic mass is 28.4. The van der Waals surface area contributed by atoms with Crippen LogP contribution >= 0.6 is 0 Å². The lowest BCUT2D eigenvalue weighted by molar-refractivity contribution is -0.0562. The van der Waals surface area contributed by atoms with Gasteiger partial charge in [0.05, 0.1) is 19.5 Å². The first-order chi connectivity index (χ1) is 26.0. The Bertz CT molecular complexity index is 1760. The fraction of sp³-hybridized carbons (Fsp3) is 0.595. The third-order valence-electron chi connectivity index (χ3n) is 11.7. The number of nitrogens with zero attached hydrogens (tertiary/aromatic N) is 4. The smallest absolute Gasteiger partial charge is 0.192 e. The molecule has 4 aromatic rings. The predicted octanol–water partition coefficient (Wildman–Crippen LogP) is 8.17. The van der Waals surface area contributed by atoms with Crippen molar-refractivity contribution in [3.63, 3.8) is 0 Å². The number of hydrogen-bond donors (Lipinski definition) is 2. The second-order valence-corrected chi connectivity index (χ2v) is 27.3. The Labute approximate surface area is 331 Å². The van der Waals surface area contributed by atoms with Gasteiger partial charge in [-0.15, -0.1) is 0 Å². The first-order valence-electron chi connectivity index (χ1n) is 19.7. The summed E-state index contributed by atoms with van der Waals surface area (Å²) in [7, 11) is -1.17. The van der Waals surface area contributed by atoms with Crippen LogP contribution in [0.3, 0.4) is 0 Å². The number of ether oxygens (including phenoxy) is 3. The molecule has 0 saturated carbocycles. The summed E-state index contributed by atoms with van der Waals surface area (Å²) in [5, 5.41) is 7.13. The van der Waals surface area contributed by atoms with Crippen molar-refractivity contribution in [1.29, 1.82) is 0 Å². The molecular weight excluding hydrogens is 725 g/mol. The van der Waals surface area contributed by atoms with Crippen molar-refractivity contribution in [1.82, 2.24) is 24.8 Å². The lowest BCUT2D eigenvalue weighted by atomic mass is 9.91. The third kappa shape index (κ3) is 10.3. The van der Waals surface area contributed by atoms with Crippen LogP contribution in [0.15, 0.2) is 67.0 Å². The Morgan fingerprint density at radius 1 is 0.782 bits per heavy atom. The highest BCUT2D eigenvalue weighted by molar-refractivity contribution is 6.74. The van der Waals surface area contributed by atoms with Crippen molar-refractivity contribution in [3.05, 3.63) is 83.9 Å². The minimum atomic E-state index is -2.33. The molecule has 0 amide bonds. The number of fused-ring (bicyclic) bond motifs is 1. The Kier molecular flexibility index (Phi) is 14.2. The summed E-state index contributed by atoms with van der Waals surface area (Å²) in [4.78, 5) is 15.3. The maximum Gasteiger partial charge on any atom is 0.192 e. The molecule has 1 aliphatic heterocycles. The van der Waals surface area contributed by atoms with Crippen LogP contribution in [0, 0.1) is 0 Å². The van der Waals surface area contributed by atoms with E-state index in [0.717, 1.165) is 6.54 Å². The Balaban J connectivity index is 1.59. The molecule has 13 heteroatoms. The summed E-state index contributed by atoms with van der Waals surface area (Å²) in [5.74, 6) is 1.49. The van der Waals surface area contributed by atoms with E-state index in [2.05, 4.69) is 139 Å². The van der Waals surface area contributed by atoms with E-state index in [-0.39, 0.29) is 28.2 Å². The van der Waals surface area contributed by atoms with Crippen molar-refractivity contribution < 1.29 is 23.1 Å². The fourth-order valence-electron chi connectivity index (χ4n) is 6.41. The van der Waals surface area contributed by atoms with Crippen molar-refractivity contribution >= 4 is 33.6 Å². The Morgan fingerprint density at radius 2 is 1.36 bits per heavy atom. The summed E-state index contributed by atoms with van der Waals surface area (Å²) in [6, 6.07) is 21.2. The van der Waals surface area contributed by atoms with Gasteiger partial charge in [0.1, 0.15) is 24.1 Å². The predicted molar refractivity (Wildman–Crippen MR) is 227 cm³/mol. The molecule has 1 aliphatic rings. The monoisotopic (exact) mass is 790 g/mol. The number of aromatic nitrogens is 4. The van der Waals surface area contributed by atoms with Gasteiger partial charge in [-0.1, -0.05) is 102 Å². The van der Waals surface area contributed by atoms with Gasteiger partial charge in [-0.25, -0.2) is 15.0 Å². The minimum absolute atomic E-state index is 0.0106. The summed E-state index contributed by atoms with van der Waals surface area (Å²) in [5.41, 5.74) is 3.82. The van der Waals surface area contributed by atoms with E-state index in [4.69, 9.17) is 38.0 Å². The maximum absolute atomic E-state index is 7.36. The van der Waals surface area contributed by atoms with Gasteiger partial charge in [0.15, 0.2) is 39.8 Å². The van der Waals surface area contributed by atoms with Crippen LogP contribution in [0.5, 0.6) is 0 Å². The largest absolute Gasteiger partial charge is 0.408 e. The molecule has 0 radical (unpaired) electrons. The van der Waals surface area contributed by atoms with E-state index < -0.39 is 29.0 Å². The zero-order valence-corrected chi connectivity index (χ0v) is 37.3. The molecule has 11 nitrogen and oxygen atoms in total. The quantitative estimate of drug-likeness (QED) is 0.0756. The molecule has 5 rings (SSSR count). The molecule has 1 saturated heterocycles. The number of benzene rings is 2. The van der Waals surface area contributed by atoms with Gasteiger partial charge in [-0.2, -0.15) is 0 Å². The SMILES string of the molecule is COCCNCCc1nc(NCC(c2ccccc2)c2ccccc2)c2ncn([C@@H]3O[C@H](COC)[C@@H](O[Si](C)(C)C(C)(C)C)[C@@H]3O[Si](C)(C)C(C)(C)C)c2n1. The molecule has 55 heavy (non-hydrogen) atoms. The topological polar surface area (TPSA) is 114 Å². The van der Waals surface area contributed by atoms with Gasteiger partial charge in [0, 0.05) is 46.2 Å². The van der Waals surface area contributed by atoms with E-state index in [1.807, 2.05) is 10.9 Å². The normalized spacial score (nSPS) is 19.8. The fourth-order valence-corrected chi connectivity index (χ4v) is 9.02. The summed E-state index contributed by atoms with van der Waals surface area (Å²) in [6.07, 6.45) is 0.794.